The Hall–Kier alpha value is -2.82. The predicted molar refractivity (Wildman–Crippen MR) is 90.5 cm³/mol. The molecule has 0 aliphatic carbocycles. The minimum Gasteiger partial charge on any atom is -0.496 e. The van der Waals surface area contributed by atoms with Gasteiger partial charge in [0.1, 0.15) is 5.75 Å². The summed E-state index contributed by atoms with van der Waals surface area (Å²) >= 11 is 0. The molecule has 25 heavy (non-hydrogen) atoms. The number of hydrogen-bond acceptors (Lipinski definition) is 2. The minimum atomic E-state index is -4.36. The largest absolute Gasteiger partial charge is 0.496 e. The lowest BCUT2D eigenvalue weighted by Crippen LogP contribution is -2.09. The number of halogens is 3. The molecule has 1 aromatic heterocycles. The average molecular weight is 343 g/mol. The molecule has 0 unspecified atom stereocenters. The van der Waals surface area contributed by atoms with Gasteiger partial charge in [-0.3, -0.25) is 4.98 Å². The third kappa shape index (κ3) is 3.82. The van der Waals surface area contributed by atoms with E-state index in [1.807, 2.05) is 24.3 Å². The smallest absolute Gasteiger partial charge is 0.416 e. The number of alkyl halides is 3. The highest BCUT2D eigenvalue weighted by Crippen LogP contribution is 2.35. The van der Waals surface area contributed by atoms with E-state index in [4.69, 9.17) is 4.74 Å². The summed E-state index contributed by atoms with van der Waals surface area (Å²) in [6.45, 7) is 0. The van der Waals surface area contributed by atoms with Crippen LogP contribution in [0.1, 0.15) is 16.7 Å². The monoisotopic (exact) mass is 343 g/mol. The highest BCUT2D eigenvalue weighted by molar-refractivity contribution is 5.70. The molecule has 2 aromatic carbocycles. The summed E-state index contributed by atoms with van der Waals surface area (Å²) in [5, 5.41) is 0. The van der Waals surface area contributed by atoms with Gasteiger partial charge in [-0.1, -0.05) is 30.3 Å². The van der Waals surface area contributed by atoms with Gasteiger partial charge in [-0.05, 0) is 47.4 Å². The fourth-order valence-corrected chi connectivity index (χ4v) is 2.79. The zero-order chi connectivity index (χ0) is 17.9. The molecule has 0 saturated heterocycles. The van der Waals surface area contributed by atoms with Gasteiger partial charge in [-0.25, -0.2) is 0 Å². The zero-order valence-electron chi connectivity index (χ0n) is 13.5. The van der Waals surface area contributed by atoms with Crippen LogP contribution in [0.25, 0.3) is 11.1 Å². The summed E-state index contributed by atoms with van der Waals surface area (Å²) in [6, 6.07) is 14.8. The van der Waals surface area contributed by atoms with Crippen molar-refractivity contribution < 1.29 is 17.9 Å². The van der Waals surface area contributed by atoms with Crippen molar-refractivity contribution in [2.24, 2.45) is 0 Å². The van der Waals surface area contributed by atoms with Crippen LogP contribution in [0.2, 0.25) is 0 Å². The quantitative estimate of drug-likeness (QED) is 0.636. The molecule has 3 rings (SSSR count). The Morgan fingerprint density at radius 2 is 1.68 bits per heavy atom. The molecule has 0 saturated carbocycles. The molecule has 0 aliphatic rings. The highest BCUT2D eigenvalue weighted by atomic mass is 19.4. The summed E-state index contributed by atoms with van der Waals surface area (Å²) in [4.78, 5) is 3.99. The maximum absolute atomic E-state index is 13.2. The van der Waals surface area contributed by atoms with Gasteiger partial charge in [0.15, 0.2) is 0 Å². The van der Waals surface area contributed by atoms with Crippen LogP contribution in [0, 0.1) is 0 Å². The number of hydrogen-bond donors (Lipinski definition) is 0. The molecule has 0 fully saturated rings. The molecule has 0 amide bonds. The predicted octanol–water partition coefficient (Wildman–Crippen LogP) is 5.37. The molecule has 0 atom stereocenters. The number of ether oxygens (including phenoxy) is 1. The number of methoxy groups -OCH3 is 1. The number of aromatic nitrogens is 1. The maximum atomic E-state index is 13.2. The van der Waals surface area contributed by atoms with Gasteiger partial charge < -0.3 is 4.74 Å². The number of rotatable bonds is 4. The Morgan fingerprint density at radius 1 is 0.960 bits per heavy atom. The Kier molecular flexibility index (Phi) is 4.74. The second kappa shape index (κ2) is 6.97. The van der Waals surface area contributed by atoms with Crippen molar-refractivity contribution in [3.63, 3.8) is 0 Å². The minimum absolute atomic E-state index is 0.183. The first-order valence-corrected chi connectivity index (χ1v) is 7.71. The van der Waals surface area contributed by atoms with Crippen LogP contribution in [0.3, 0.4) is 0 Å². The van der Waals surface area contributed by atoms with Crippen molar-refractivity contribution in [3.8, 4) is 16.9 Å². The van der Waals surface area contributed by atoms with Crippen LogP contribution in [0.5, 0.6) is 5.75 Å². The standard InChI is InChI=1S/C20H16F3NO/c1-25-19-13-14(6-7-17(19)15-8-10-24-11-9-15)12-16-4-2-3-5-18(16)20(21,22)23/h2-11,13H,12H2,1H3. The molecule has 1 heterocycles. The van der Waals surface area contributed by atoms with Gasteiger partial charge in [0, 0.05) is 18.0 Å². The van der Waals surface area contributed by atoms with Crippen LogP contribution in [0.15, 0.2) is 67.0 Å². The van der Waals surface area contributed by atoms with Crippen molar-refractivity contribution in [1.82, 2.24) is 4.98 Å². The zero-order valence-corrected chi connectivity index (χ0v) is 13.5. The molecular formula is C20H16F3NO. The second-order valence-electron chi connectivity index (χ2n) is 5.60. The molecule has 0 radical (unpaired) electrons. The highest BCUT2D eigenvalue weighted by Gasteiger charge is 2.32. The first kappa shape index (κ1) is 17.0. The van der Waals surface area contributed by atoms with Crippen molar-refractivity contribution in [1.29, 1.82) is 0 Å². The molecule has 3 aromatic rings. The number of benzene rings is 2. The molecule has 2 nitrogen and oxygen atoms in total. The molecule has 5 heteroatoms. The Bertz CT molecular complexity index is 860. The average Bonchev–Trinajstić information content (AvgIpc) is 2.62. The van der Waals surface area contributed by atoms with Crippen LogP contribution >= 0.6 is 0 Å². The van der Waals surface area contributed by atoms with E-state index >= 15 is 0 Å². The summed E-state index contributed by atoms with van der Waals surface area (Å²) in [5.41, 5.74) is 2.21. The summed E-state index contributed by atoms with van der Waals surface area (Å²) in [6.07, 6.45) is -0.815. The topological polar surface area (TPSA) is 22.1 Å². The third-order valence-electron chi connectivity index (χ3n) is 3.97. The lowest BCUT2D eigenvalue weighted by molar-refractivity contribution is -0.138. The molecule has 0 bridgehead atoms. The van der Waals surface area contributed by atoms with E-state index in [0.29, 0.717) is 5.75 Å². The van der Waals surface area contributed by atoms with Crippen molar-refractivity contribution in [2.45, 2.75) is 12.6 Å². The van der Waals surface area contributed by atoms with E-state index in [-0.39, 0.29) is 12.0 Å². The summed E-state index contributed by atoms with van der Waals surface area (Å²) in [5.74, 6) is 0.619. The normalized spacial score (nSPS) is 11.4. The lowest BCUT2D eigenvalue weighted by atomic mass is 9.97. The number of nitrogens with zero attached hydrogens (tertiary/aromatic N) is 1. The van der Waals surface area contributed by atoms with E-state index in [0.717, 1.165) is 22.8 Å². The van der Waals surface area contributed by atoms with Crippen LogP contribution in [-0.2, 0) is 12.6 Å². The molecule has 0 aliphatic heterocycles. The number of pyridine rings is 1. The van der Waals surface area contributed by atoms with Crippen LogP contribution < -0.4 is 4.74 Å². The third-order valence-corrected chi connectivity index (χ3v) is 3.97. The van der Waals surface area contributed by atoms with E-state index < -0.39 is 11.7 Å². The first-order chi connectivity index (χ1) is 12.0. The van der Waals surface area contributed by atoms with Crippen LogP contribution in [0.4, 0.5) is 13.2 Å². The van der Waals surface area contributed by atoms with Gasteiger partial charge in [-0.2, -0.15) is 13.2 Å². The van der Waals surface area contributed by atoms with E-state index in [1.165, 1.54) is 12.1 Å². The van der Waals surface area contributed by atoms with E-state index in [2.05, 4.69) is 4.98 Å². The maximum Gasteiger partial charge on any atom is 0.416 e. The fraction of sp³-hybridized carbons (Fsp3) is 0.150. The van der Waals surface area contributed by atoms with Gasteiger partial charge in [0.25, 0.3) is 0 Å². The SMILES string of the molecule is COc1cc(Cc2ccccc2C(F)(F)F)ccc1-c1ccncc1. The summed E-state index contributed by atoms with van der Waals surface area (Å²) in [7, 11) is 1.55. The Balaban J connectivity index is 1.96. The van der Waals surface area contributed by atoms with Crippen molar-refractivity contribution in [3.05, 3.63) is 83.7 Å². The molecular weight excluding hydrogens is 327 g/mol. The van der Waals surface area contributed by atoms with E-state index in [1.54, 1.807) is 31.6 Å². The lowest BCUT2D eigenvalue weighted by Gasteiger charge is -2.14. The molecule has 0 spiro atoms. The van der Waals surface area contributed by atoms with E-state index in [9.17, 15) is 13.2 Å². The first-order valence-electron chi connectivity index (χ1n) is 7.71. The molecule has 0 N–H and O–H groups in total. The van der Waals surface area contributed by atoms with Gasteiger partial charge in [0.2, 0.25) is 0 Å². The van der Waals surface area contributed by atoms with Gasteiger partial charge >= 0.3 is 6.18 Å². The second-order valence-corrected chi connectivity index (χ2v) is 5.60. The van der Waals surface area contributed by atoms with Crippen molar-refractivity contribution in [2.75, 3.05) is 7.11 Å². The summed E-state index contributed by atoms with van der Waals surface area (Å²) < 4.78 is 44.9. The van der Waals surface area contributed by atoms with Crippen LogP contribution in [-0.4, -0.2) is 12.1 Å². The van der Waals surface area contributed by atoms with Gasteiger partial charge in [-0.15, -0.1) is 0 Å². The Morgan fingerprint density at radius 3 is 2.36 bits per heavy atom. The fourth-order valence-electron chi connectivity index (χ4n) is 2.79. The van der Waals surface area contributed by atoms with Gasteiger partial charge in [0.05, 0.1) is 12.7 Å². The molecule has 128 valence electrons. The van der Waals surface area contributed by atoms with Crippen molar-refractivity contribution >= 4 is 0 Å². The Labute approximate surface area is 143 Å².